The van der Waals surface area contributed by atoms with Crippen molar-refractivity contribution in [1.82, 2.24) is 5.32 Å². The maximum absolute atomic E-state index is 12.8. The first-order valence-electron chi connectivity index (χ1n) is 14.6. The van der Waals surface area contributed by atoms with Crippen LogP contribution in [-0.4, -0.2) is 37.4 Å². The quantitative estimate of drug-likeness (QED) is 0.150. The highest BCUT2D eigenvalue weighted by Crippen LogP contribution is 2.50. The van der Waals surface area contributed by atoms with Gasteiger partial charge in [-0.25, -0.2) is 0 Å². The number of amides is 1. The predicted octanol–water partition coefficient (Wildman–Crippen LogP) is 8.45. The smallest absolute Gasteiger partial charge is 0.258 e. The van der Waals surface area contributed by atoms with E-state index in [9.17, 15) is 9.59 Å². The summed E-state index contributed by atoms with van der Waals surface area (Å²) in [6.07, 6.45) is 10.1. The summed E-state index contributed by atoms with van der Waals surface area (Å²) in [5.41, 5.74) is 3.36. The average Bonchev–Trinajstić information content (AvgIpc) is 3.18. The standard InChI is InChI=1S/C34H42N2O3S2/c1-4-6-18-34(19-7-5-2)24-36(27-16-12-9-13-17-27)29-20-32(40-3)30(21-31(29)41-25-34)39-23-33(38)35-28(22-37)26-14-10-8-11-15-26/h8-17,20-22,28H,4-7,18-19,23-25H2,1-3H3,(H,35,38). The Labute approximate surface area is 253 Å². The van der Waals surface area contributed by atoms with E-state index in [0.717, 1.165) is 29.0 Å². The first-order valence-corrected chi connectivity index (χ1v) is 16.8. The second-order valence-corrected chi connectivity index (χ2v) is 12.6. The van der Waals surface area contributed by atoms with Crippen molar-refractivity contribution in [2.45, 2.75) is 68.2 Å². The Hall–Kier alpha value is -2.90. The Balaban J connectivity index is 1.61. The Morgan fingerprint density at radius 1 is 1.05 bits per heavy atom. The molecular weight excluding hydrogens is 549 g/mol. The van der Waals surface area contributed by atoms with Gasteiger partial charge in [0, 0.05) is 22.9 Å². The van der Waals surface area contributed by atoms with E-state index >= 15 is 0 Å². The zero-order valence-electron chi connectivity index (χ0n) is 24.4. The molecule has 0 aromatic heterocycles. The number of nitrogens with one attached hydrogen (secondary N) is 1. The van der Waals surface area contributed by atoms with Gasteiger partial charge in [-0.1, -0.05) is 88.1 Å². The number of para-hydroxylation sites is 1. The van der Waals surface area contributed by atoms with Gasteiger partial charge in [0.1, 0.15) is 18.1 Å². The van der Waals surface area contributed by atoms with E-state index in [1.165, 1.54) is 54.8 Å². The van der Waals surface area contributed by atoms with Gasteiger partial charge in [0.25, 0.3) is 5.91 Å². The van der Waals surface area contributed by atoms with Crippen LogP contribution in [0.15, 0.2) is 82.6 Å². The van der Waals surface area contributed by atoms with Gasteiger partial charge < -0.3 is 19.7 Å². The second-order valence-electron chi connectivity index (χ2n) is 10.8. The zero-order chi connectivity index (χ0) is 29.1. The fraction of sp³-hybridized carbons (Fsp3) is 0.412. The predicted molar refractivity (Wildman–Crippen MR) is 173 cm³/mol. The third-order valence-corrected chi connectivity index (χ3v) is 9.88. The second kappa shape index (κ2) is 15.4. The molecule has 1 amide bonds. The van der Waals surface area contributed by atoms with Crippen LogP contribution in [0.2, 0.25) is 0 Å². The lowest BCUT2D eigenvalue weighted by atomic mass is 9.79. The molecule has 41 heavy (non-hydrogen) atoms. The normalized spacial score (nSPS) is 15.0. The molecule has 3 aromatic rings. The molecule has 3 aromatic carbocycles. The molecule has 7 heteroatoms. The molecule has 1 heterocycles. The summed E-state index contributed by atoms with van der Waals surface area (Å²) in [7, 11) is 0. The van der Waals surface area contributed by atoms with Gasteiger partial charge in [0.15, 0.2) is 6.61 Å². The highest BCUT2D eigenvalue weighted by atomic mass is 32.2. The van der Waals surface area contributed by atoms with Gasteiger partial charge >= 0.3 is 0 Å². The van der Waals surface area contributed by atoms with Crippen molar-refractivity contribution in [3.63, 3.8) is 0 Å². The van der Waals surface area contributed by atoms with E-state index in [4.69, 9.17) is 4.74 Å². The van der Waals surface area contributed by atoms with Crippen LogP contribution < -0.4 is 15.0 Å². The van der Waals surface area contributed by atoms with Gasteiger partial charge in [0.2, 0.25) is 0 Å². The molecule has 4 rings (SSSR count). The number of unbranched alkanes of at least 4 members (excludes halogenated alkanes) is 2. The molecule has 0 saturated carbocycles. The van der Waals surface area contributed by atoms with E-state index in [0.29, 0.717) is 5.75 Å². The van der Waals surface area contributed by atoms with Crippen LogP contribution in [0.4, 0.5) is 11.4 Å². The minimum Gasteiger partial charge on any atom is -0.483 e. The first kappa shape index (κ1) is 31.0. The molecule has 0 fully saturated rings. The monoisotopic (exact) mass is 590 g/mol. The molecule has 1 aliphatic rings. The lowest BCUT2D eigenvalue weighted by Crippen LogP contribution is -2.36. The summed E-state index contributed by atoms with van der Waals surface area (Å²) in [6.45, 7) is 5.39. The molecule has 1 N–H and O–H groups in total. The maximum atomic E-state index is 12.8. The van der Waals surface area contributed by atoms with Crippen molar-refractivity contribution in [2.75, 3.05) is 30.1 Å². The summed E-state index contributed by atoms with van der Waals surface area (Å²) in [4.78, 5) is 29.2. The van der Waals surface area contributed by atoms with Crippen LogP contribution in [0.5, 0.6) is 5.75 Å². The summed E-state index contributed by atoms with van der Waals surface area (Å²) < 4.78 is 6.12. The molecule has 0 saturated heterocycles. The largest absolute Gasteiger partial charge is 0.483 e. The molecule has 1 aliphatic heterocycles. The van der Waals surface area contributed by atoms with Crippen LogP contribution in [0, 0.1) is 5.41 Å². The van der Waals surface area contributed by atoms with E-state index in [1.807, 2.05) is 48.3 Å². The van der Waals surface area contributed by atoms with Crippen molar-refractivity contribution in [3.8, 4) is 5.75 Å². The first-order chi connectivity index (χ1) is 20.0. The van der Waals surface area contributed by atoms with Gasteiger partial charge in [-0.3, -0.25) is 4.79 Å². The SMILES string of the molecule is CCCCC1(CCCC)CSc2cc(OCC(=O)NC(C=O)c3ccccc3)c(SC)cc2N(c2ccccc2)C1. The lowest BCUT2D eigenvalue weighted by Gasteiger charge is -2.37. The van der Waals surface area contributed by atoms with Crippen molar-refractivity contribution >= 4 is 47.1 Å². The molecule has 218 valence electrons. The number of benzene rings is 3. The number of aldehydes is 1. The van der Waals surface area contributed by atoms with Crippen molar-refractivity contribution < 1.29 is 14.3 Å². The van der Waals surface area contributed by atoms with Crippen molar-refractivity contribution in [2.24, 2.45) is 5.41 Å². The summed E-state index contributed by atoms with van der Waals surface area (Å²) >= 11 is 3.54. The minimum absolute atomic E-state index is 0.159. The Bertz CT molecular complexity index is 1260. The number of carbonyl (C=O) groups is 2. The van der Waals surface area contributed by atoms with Gasteiger partial charge in [-0.05, 0) is 54.3 Å². The topological polar surface area (TPSA) is 58.6 Å². The molecule has 1 atom stereocenters. The molecule has 0 bridgehead atoms. The minimum atomic E-state index is -0.700. The maximum Gasteiger partial charge on any atom is 0.258 e. The van der Waals surface area contributed by atoms with E-state index in [-0.39, 0.29) is 17.9 Å². The van der Waals surface area contributed by atoms with Gasteiger partial charge in [-0.15, -0.1) is 23.5 Å². The van der Waals surface area contributed by atoms with Crippen molar-refractivity contribution in [3.05, 3.63) is 78.4 Å². The molecule has 0 spiro atoms. The average molecular weight is 591 g/mol. The zero-order valence-corrected chi connectivity index (χ0v) is 26.1. The van der Waals surface area contributed by atoms with Crippen LogP contribution in [0.3, 0.4) is 0 Å². The number of hydrogen-bond acceptors (Lipinski definition) is 6. The van der Waals surface area contributed by atoms with E-state index in [2.05, 4.69) is 66.5 Å². The summed E-state index contributed by atoms with van der Waals surface area (Å²) in [5, 5.41) is 2.79. The fourth-order valence-electron chi connectivity index (χ4n) is 5.41. The molecule has 0 radical (unpaired) electrons. The Morgan fingerprint density at radius 2 is 1.71 bits per heavy atom. The molecule has 5 nitrogen and oxygen atoms in total. The number of hydrogen-bond donors (Lipinski definition) is 1. The number of thioether (sulfide) groups is 2. The molecule has 1 unspecified atom stereocenters. The van der Waals surface area contributed by atoms with Crippen LogP contribution in [-0.2, 0) is 9.59 Å². The number of carbonyl (C=O) groups excluding carboxylic acids is 2. The summed E-state index contributed by atoms with van der Waals surface area (Å²) in [6, 6.07) is 23.6. The number of nitrogens with zero attached hydrogens (tertiary/aromatic N) is 1. The number of anilines is 2. The number of ether oxygens (including phenoxy) is 1. The molecular formula is C34H42N2O3S2. The number of fused-ring (bicyclic) bond motifs is 1. The number of rotatable bonds is 14. The summed E-state index contributed by atoms with van der Waals surface area (Å²) in [5.74, 6) is 1.42. The highest BCUT2D eigenvalue weighted by Gasteiger charge is 2.36. The van der Waals surface area contributed by atoms with E-state index in [1.54, 1.807) is 11.8 Å². The van der Waals surface area contributed by atoms with Crippen LogP contribution in [0.25, 0.3) is 0 Å². The third-order valence-electron chi connectivity index (χ3n) is 7.72. The van der Waals surface area contributed by atoms with E-state index < -0.39 is 6.04 Å². The fourth-order valence-corrected chi connectivity index (χ4v) is 7.31. The van der Waals surface area contributed by atoms with Crippen molar-refractivity contribution in [1.29, 1.82) is 0 Å². The Morgan fingerprint density at radius 3 is 2.32 bits per heavy atom. The highest BCUT2D eigenvalue weighted by molar-refractivity contribution is 7.99. The third kappa shape index (κ3) is 8.10. The Kier molecular flexibility index (Phi) is 11.6. The van der Waals surface area contributed by atoms with Crippen LogP contribution in [0.1, 0.15) is 64.0 Å². The van der Waals surface area contributed by atoms with Crippen LogP contribution >= 0.6 is 23.5 Å². The van der Waals surface area contributed by atoms with Gasteiger partial charge in [0.05, 0.1) is 10.6 Å². The molecule has 0 aliphatic carbocycles. The van der Waals surface area contributed by atoms with Gasteiger partial charge in [-0.2, -0.15) is 0 Å². The lowest BCUT2D eigenvalue weighted by molar-refractivity contribution is -0.125.